The van der Waals surface area contributed by atoms with Crippen molar-refractivity contribution in [1.82, 2.24) is 4.98 Å². The minimum atomic E-state index is -1.26. The van der Waals surface area contributed by atoms with Crippen LogP contribution in [0.25, 0.3) is 10.9 Å². The molecule has 2 N–H and O–H groups in total. The van der Waals surface area contributed by atoms with Crippen LogP contribution >= 0.6 is 0 Å². The van der Waals surface area contributed by atoms with Crippen molar-refractivity contribution >= 4 is 28.5 Å². The highest BCUT2D eigenvalue weighted by Crippen LogP contribution is 2.31. The predicted molar refractivity (Wildman–Crippen MR) is 147 cm³/mol. The molecule has 39 heavy (non-hydrogen) atoms. The first-order chi connectivity index (χ1) is 18.6. The Morgan fingerprint density at radius 1 is 0.769 bits per heavy atom. The third-order valence-electron chi connectivity index (χ3n) is 5.15. The molecule has 0 unspecified atom stereocenters. The minimum Gasteiger partial charge on any atom is -0.493 e. The molecule has 11 heteroatoms. The summed E-state index contributed by atoms with van der Waals surface area (Å²) in [4.78, 5) is 38.1. The van der Waals surface area contributed by atoms with Crippen LogP contribution in [-0.2, 0) is 19.1 Å². The molecule has 1 aliphatic rings. The summed E-state index contributed by atoms with van der Waals surface area (Å²) in [5.74, 6) is -0.494. The summed E-state index contributed by atoms with van der Waals surface area (Å²) >= 11 is 0. The number of methoxy groups -OCH3 is 4. The largest absolute Gasteiger partial charge is 0.493 e. The van der Waals surface area contributed by atoms with Crippen LogP contribution < -0.4 is 29.7 Å². The number of aromatic amines is 1. The van der Waals surface area contributed by atoms with Crippen LogP contribution in [0.3, 0.4) is 0 Å². The van der Waals surface area contributed by atoms with Crippen LogP contribution in [0.5, 0.6) is 23.0 Å². The zero-order chi connectivity index (χ0) is 29.2. The van der Waals surface area contributed by atoms with Gasteiger partial charge in [-0.25, -0.2) is 9.59 Å². The van der Waals surface area contributed by atoms with Crippen molar-refractivity contribution < 1.29 is 38.0 Å². The molecule has 0 saturated carbocycles. The van der Waals surface area contributed by atoms with Gasteiger partial charge < -0.3 is 38.7 Å². The third-order valence-corrected chi connectivity index (χ3v) is 5.15. The zero-order valence-corrected chi connectivity index (χ0v) is 23.3. The maximum absolute atomic E-state index is 11.8. The summed E-state index contributed by atoms with van der Waals surface area (Å²) in [5, 5.41) is 3.42. The summed E-state index contributed by atoms with van der Waals surface area (Å²) in [6.45, 7) is 6.97. The van der Waals surface area contributed by atoms with Gasteiger partial charge in [0.25, 0.3) is 5.79 Å². The smallest absolute Gasteiger partial charge is 0.350 e. The van der Waals surface area contributed by atoms with E-state index >= 15 is 0 Å². The number of anilines is 1. The zero-order valence-electron chi connectivity index (χ0n) is 23.3. The predicted octanol–water partition coefficient (Wildman–Crippen LogP) is 4.41. The number of hydrogen-bond donors (Lipinski definition) is 2. The number of carbonyl (C=O) groups excluding carboxylic acids is 2. The van der Waals surface area contributed by atoms with E-state index in [9.17, 15) is 14.4 Å². The highest BCUT2D eigenvalue weighted by atomic mass is 16.7. The second kappa shape index (κ2) is 13.8. The van der Waals surface area contributed by atoms with Crippen molar-refractivity contribution in [3.8, 4) is 23.0 Å². The maximum atomic E-state index is 11.8. The second-order valence-corrected chi connectivity index (χ2v) is 8.05. The fourth-order valence-electron chi connectivity index (χ4n) is 3.36. The number of cyclic esters (lactones) is 2. The first-order valence-corrected chi connectivity index (χ1v) is 12.0. The lowest BCUT2D eigenvalue weighted by atomic mass is 10.2. The molecule has 1 fully saturated rings. The first kappa shape index (κ1) is 30.6. The van der Waals surface area contributed by atoms with Crippen LogP contribution in [0.4, 0.5) is 5.69 Å². The van der Waals surface area contributed by atoms with Gasteiger partial charge in [-0.1, -0.05) is 13.8 Å². The van der Waals surface area contributed by atoms with Gasteiger partial charge in [0.1, 0.15) is 0 Å². The van der Waals surface area contributed by atoms with E-state index in [1.807, 2.05) is 13.8 Å². The van der Waals surface area contributed by atoms with Crippen LogP contribution in [0.2, 0.25) is 0 Å². The Morgan fingerprint density at radius 3 is 1.87 bits per heavy atom. The number of pyridine rings is 1. The van der Waals surface area contributed by atoms with E-state index < -0.39 is 17.7 Å². The van der Waals surface area contributed by atoms with Crippen LogP contribution in [0.1, 0.15) is 27.7 Å². The Labute approximate surface area is 226 Å². The lowest BCUT2D eigenvalue weighted by molar-refractivity contribution is -0.222. The summed E-state index contributed by atoms with van der Waals surface area (Å²) in [7, 11) is 6.15. The average molecular weight is 543 g/mol. The molecule has 1 saturated heterocycles. The molecule has 1 aliphatic heterocycles. The monoisotopic (exact) mass is 542 g/mol. The Morgan fingerprint density at radius 2 is 1.31 bits per heavy atom. The SMILES string of the molecule is CC.COc1cc2[nH]ccc(=O)c2cc1OC.COc1ccc(NC=C2C(=O)OC(C)(C)OC2=O)cc1OC. The highest BCUT2D eigenvalue weighted by Gasteiger charge is 2.38. The minimum absolute atomic E-state index is 0.0373. The van der Waals surface area contributed by atoms with Crippen molar-refractivity contribution in [3.63, 3.8) is 0 Å². The summed E-state index contributed by atoms with van der Waals surface area (Å²) in [6, 6.07) is 9.97. The van der Waals surface area contributed by atoms with Gasteiger partial charge >= 0.3 is 11.9 Å². The number of H-pyrrole nitrogens is 1. The molecule has 0 aliphatic carbocycles. The van der Waals surface area contributed by atoms with Gasteiger partial charge in [-0.3, -0.25) is 4.79 Å². The number of esters is 2. The molecule has 0 atom stereocenters. The third kappa shape index (κ3) is 7.67. The number of hydrogen-bond acceptors (Lipinski definition) is 10. The summed E-state index contributed by atoms with van der Waals surface area (Å²) in [5.41, 5.74) is 1.09. The molecule has 11 nitrogen and oxygen atoms in total. The number of rotatable bonds is 6. The molecule has 0 radical (unpaired) electrons. The fraction of sp³-hybridized carbons (Fsp3) is 0.321. The Hall–Kier alpha value is -4.67. The van der Waals surface area contributed by atoms with E-state index in [4.69, 9.17) is 28.4 Å². The van der Waals surface area contributed by atoms with Gasteiger partial charge in [0, 0.05) is 55.5 Å². The quantitative estimate of drug-likeness (QED) is 0.262. The van der Waals surface area contributed by atoms with Crippen molar-refractivity contribution in [2.75, 3.05) is 33.8 Å². The van der Waals surface area contributed by atoms with Gasteiger partial charge in [0.2, 0.25) is 0 Å². The number of carbonyl (C=O) groups is 2. The Kier molecular flexibility index (Phi) is 10.8. The van der Waals surface area contributed by atoms with Crippen LogP contribution in [0, 0.1) is 0 Å². The molecular formula is C28H34N2O9. The van der Waals surface area contributed by atoms with Crippen molar-refractivity contribution in [2.45, 2.75) is 33.5 Å². The van der Waals surface area contributed by atoms with Gasteiger partial charge in [0.15, 0.2) is 34.0 Å². The van der Waals surface area contributed by atoms with Gasteiger partial charge in [-0.15, -0.1) is 0 Å². The van der Waals surface area contributed by atoms with Gasteiger partial charge in [-0.05, 0) is 18.2 Å². The standard InChI is InChI=1S/C15H17NO6.C11H11NO3.C2H6/c1-15(2)21-13(17)10(14(18)22-15)8-16-9-5-6-11(19-3)12(7-9)20-4;1-14-10-5-7-8(6-11(10)15-2)12-4-3-9(7)13;1-2/h5-8,16H,1-4H3;3-6H,1-2H3,(H,12,13);1-2H3. The fourth-order valence-corrected chi connectivity index (χ4v) is 3.36. The first-order valence-electron chi connectivity index (χ1n) is 12.0. The highest BCUT2D eigenvalue weighted by molar-refractivity contribution is 6.15. The topological polar surface area (TPSA) is 134 Å². The second-order valence-electron chi connectivity index (χ2n) is 8.05. The molecule has 2 aromatic carbocycles. The molecule has 210 valence electrons. The Balaban J connectivity index is 0.000000273. The number of benzene rings is 2. The normalized spacial score (nSPS) is 13.4. The molecule has 4 rings (SSSR count). The number of aromatic nitrogens is 1. The van der Waals surface area contributed by atoms with E-state index in [0.717, 1.165) is 5.52 Å². The van der Waals surface area contributed by atoms with E-state index in [2.05, 4.69) is 10.3 Å². The lowest BCUT2D eigenvalue weighted by Gasteiger charge is -2.29. The van der Waals surface area contributed by atoms with Crippen molar-refractivity contribution in [2.24, 2.45) is 0 Å². The molecule has 0 amide bonds. The molecule has 3 aromatic rings. The van der Waals surface area contributed by atoms with Crippen LogP contribution in [0.15, 0.2) is 59.2 Å². The average Bonchev–Trinajstić information content (AvgIpc) is 2.92. The van der Waals surface area contributed by atoms with Crippen molar-refractivity contribution in [3.05, 3.63) is 64.6 Å². The lowest BCUT2D eigenvalue weighted by Crippen LogP contribution is -2.42. The van der Waals surface area contributed by atoms with E-state index in [1.54, 1.807) is 50.7 Å². The van der Waals surface area contributed by atoms with E-state index in [0.29, 0.717) is 34.1 Å². The van der Waals surface area contributed by atoms with Crippen LogP contribution in [-0.4, -0.2) is 51.1 Å². The summed E-state index contributed by atoms with van der Waals surface area (Å²) in [6.07, 6.45) is 2.84. The molecule has 1 aromatic heterocycles. The summed E-state index contributed by atoms with van der Waals surface area (Å²) < 4.78 is 30.5. The molecular weight excluding hydrogens is 508 g/mol. The molecule has 0 spiro atoms. The number of nitrogens with one attached hydrogen (secondary N) is 2. The molecule has 2 heterocycles. The van der Waals surface area contributed by atoms with Crippen molar-refractivity contribution in [1.29, 1.82) is 0 Å². The maximum Gasteiger partial charge on any atom is 0.350 e. The number of ether oxygens (including phenoxy) is 6. The number of fused-ring (bicyclic) bond motifs is 1. The van der Waals surface area contributed by atoms with Gasteiger partial charge in [0.05, 0.1) is 34.0 Å². The van der Waals surface area contributed by atoms with E-state index in [-0.39, 0.29) is 11.0 Å². The molecule has 0 bridgehead atoms. The van der Waals surface area contributed by atoms with Gasteiger partial charge in [-0.2, -0.15) is 0 Å². The Bertz CT molecular complexity index is 1370. The van der Waals surface area contributed by atoms with E-state index in [1.165, 1.54) is 40.3 Å².